The lowest BCUT2D eigenvalue weighted by Gasteiger charge is -2.46. The van der Waals surface area contributed by atoms with Crippen molar-refractivity contribution in [1.29, 1.82) is 0 Å². The van der Waals surface area contributed by atoms with Crippen LogP contribution in [-0.4, -0.2) is 48.3 Å². The molecular formula is C25H29Cl2N3O2. The number of anilines is 1. The number of amides is 2. The third kappa shape index (κ3) is 4.39. The molecule has 32 heavy (non-hydrogen) atoms. The maximum Gasteiger partial charge on any atom is 0.249 e. The van der Waals surface area contributed by atoms with Crippen LogP contribution in [0.15, 0.2) is 42.5 Å². The van der Waals surface area contributed by atoms with Crippen molar-refractivity contribution in [3.05, 3.63) is 63.6 Å². The third-order valence-electron chi connectivity index (χ3n) is 6.71. The van der Waals surface area contributed by atoms with Crippen LogP contribution in [-0.2, 0) is 21.5 Å². The lowest BCUT2D eigenvalue weighted by atomic mass is 9.80. The highest BCUT2D eigenvalue weighted by Crippen LogP contribution is 2.46. The Labute approximate surface area is 199 Å². The SMILES string of the molecule is CN(C)C(=O)CN(C1CCCCC1)C1(Cc2cccc(Cl)c2)C(=O)Nc2cc(Cl)ccc21. The fourth-order valence-electron chi connectivity index (χ4n) is 5.09. The summed E-state index contributed by atoms with van der Waals surface area (Å²) in [5.41, 5.74) is 1.51. The van der Waals surface area contributed by atoms with Crippen molar-refractivity contribution < 1.29 is 9.59 Å². The Morgan fingerprint density at radius 3 is 2.47 bits per heavy atom. The number of carbonyl (C=O) groups is 2. The summed E-state index contributed by atoms with van der Waals surface area (Å²) in [4.78, 5) is 30.6. The van der Waals surface area contributed by atoms with Gasteiger partial charge in [-0.1, -0.05) is 60.7 Å². The zero-order valence-electron chi connectivity index (χ0n) is 18.5. The van der Waals surface area contributed by atoms with Crippen molar-refractivity contribution in [1.82, 2.24) is 9.80 Å². The van der Waals surface area contributed by atoms with Crippen molar-refractivity contribution in [3.8, 4) is 0 Å². The van der Waals surface area contributed by atoms with Crippen LogP contribution >= 0.6 is 23.2 Å². The Morgan fingerprint density at radius 1 is 1.06 bits per heavy atom. The van der Waals surface area contributed by atoms with E-state index in [0.717, 1.165) is 36.8 Å². The minimum absolute atomic E-state index is 0.0174. The molecule has 5 nitrogen and oxygen atoms in total. The predicted molar refractivity (Wildman–Crippen MR) is 129 cm³/mol. The van der Waals surface area contributed by atoms with E-state index in [-0.39, 0.29) is 24.4 Å². The summed E-state index contributed by atoms with van der Waals surface area (Å²) in [6, 6.07) is 13.3. The third-order valence-corrected chi connectivity index (χ3v) is 7.18. The molecule has 0 radical (unpaired) electrons. The highest BCUT2D eigenvalue weighted by atomic mass is 35.5. The van der Waals surface area contributed by atoms with Gasteiger partial charge in [0, 0.05) is 47.9 Å². The number of halogens is 2. The van der Waals surface area contributed by atoms with Gasteiger partial charge in [-0.15, -0.1) is 0 Å². The molecule has 1 saturated carbocycles. The molecule has 2 aromatic rings. The first kappa shape index (κ1) is 23.1. The van der Waals surface area contributed by atoms with E-state index in [1.54, 1.807) is 25.1 Å². The van der Waals surface area contributed by atoms with Gasteiger partial charge in [-0.25, -0.2) is 0 Å². The van der Waals surface area contributed by atoms with Gasteiger partial charge in [-0.2, -0.15) is 0 Å². The van der Waals surface area contributed by atoms with E-state index in [2.05, 4.69) is 10.2 Å². The molecule has 0 saturated heterocycles. The molecule has 0 bridgehead atoms. The van der Waals surface area contributed by atoms with Gasteiger partial charge < -0.3 is 10.2 Å². The second-order valence-electron chi connectivity index (χ2n) is 9.02. The number of nitrogens with zero attached hydrogens (tertiary/aromatic N) is 2. The lowest BCUT2D eigenvalue weighted by molar-refractivity contribution is -0.139. The number of rotatable bonds is 6. The maximum absolute atomic E-state index is 13.8. The average molecular weight is 474 g/mol. The second kappa shape index (κ2) is 9.42. The van der Waals surface area contributed by atoms with Crippen molar-refractivity contribution >= 4 is 40.7 Å². The number of fused-ring (bicyclic) bond motifs is 1. The smallest absolute Gasteiger partial charge is 0.249 e. The zero-order valence-corrected chi connectivity index (χ0v) is 20.0. The largest absolute Gasteiger partial charge is 0.348 e. The molecule has 170 valence electrons. The van der Waals surface area contributed by atoms with Crippen LogP contribution in [0.3, 0.4) is 0 Å². The Balaban J connectivity index is 1.88. The van der Waals surface area contributed by atoms with Crippen LogP contribution in [0.1, 0.15) is 43.2 Å². The quantitative estimate of drug-likeness (QED) is 0.634. The number of hydrogen-bond acceptors (Lipinski definition) is 3. The molecule has 0 spiro atoms. The topological polar surface area (TPSA) is 52.7 Å². The molecule has 0 aromatic heterocycles. The van der Waals surface area contributed by atoms with E-state index < -0.39 is 5.54 Å². The Hall–Kier alpha value is -2.08. The van der Waals surface area contributed by atoms with E-state index in [0.29, 0.717) is 22.2 Å². The maximum atomic E-state index is 13.8. The molecule has 1 N–H and O–H groups in total. The van der Waals surface area contributed by atoms with Gasteiger partial charge in [0.25, 0.3) is 0 Å². The van der Waals surface area contributed by atoms with Gasteiger partial charge in [0.15, 0.2) is 0 Å². The molecule has 1 fully saturated rings. The second-order valence-corrected chi connectivity index (χ2v) is 9.89. The summed E-state index contributed by atoms with van der Waals surface area (Å²) in [6.07, 6.45) is 5.73. The van der Waals surface area contributed by atoms with Crippen LogP contribution in [0.5, 0.6) is 0 Å². The minimum atomic E-state index is -1.02. The number of likely N-dealkylation sites (N-methyl/N-ethyl adjacent to an activating group) is 1. The van der Waals surface area contributed by atoms with Crippen LogP contribution in [0.4, 0.5) is 5.69 Å². The van der Waals surface area contributed by atoms with Crippen LogP contribution in [0.25, 0.3) is 0 Å². The van der Waals surface area contributed by atoms with Crippen LogP contribution in [0.2, 0.25) is 10.0 Å². The zero-order chi connectivity index (χ0) is 22.9. The molecular weight excluding hydrogens is 445 g/mol. The molecule has 2 amide bonds. The Morgan fingerprint density at radius 2 is 1.78 bits per heavy atom. The summed E-state index contributed by atoms with van der Waals surface area (Å²) in [7, 11) is 3.51. The monoisotopic (exact) mass is 473 g/mol. The average Bonchev–Trinajstić information content (AvgIpc) is 3.03. The van der Waals surface area contributed by atoms with E-state index in [9.17, 15) is 9.59 Å². The van der Waals surface area contributed by atoms with Crippen molar-refractivity contribution in [2.45, 2.75) is 50.1 Å². The molecule has 1 unspecified atom stereocenters. The lowest BCUT2D eigenvalue weighted by Crippen LogP contribution is -2.59. The summed E-state index contributed by atoms with van der Waals surface area (Å²) in [5, 5.41) is 4.25. The van der Waals surface area contributed by atoms with Gasteiger partial charge in [0.05, 0.1) is 6.54 Å². The number of nitrogens with one attached hydrogen (secondary N) is 1. The van der Waals surface area contributed by atoms with Crippen LogP contribution in [0, 0.1) is 0 Å². The summed E-state index contributed by atoms with van der Waals surface area (Å²) in [5.74, 6) is -0.136. The van der Waals surface area contributed by atoms with Crippen molar-refractivity contribution in [2.75, 3.05) is 26.0 Å². The van der Waals surface area contributed by atoms with Crippen molar-refractivity contribution in [2.24, 2.45) is 0 Å². The molecule has 1 heterocycles. The highest BCUT2D eigenvalue weighted by Gasteiger charge is 2.53. The van der Waals surface area contributed by atoms with Gasteiger partial charge in [-0.3, -0.25) is 14.5 Å². The molecule has 2 aromatic carbocycles. The number of benzene rings is 2. The molecule has 2 aliphatic rings. The molecule has 1 aliphatic heterocycles. The molecule has 4 rings (SSSR count). The van der Waals surface area contributed by atoms with E-state index in [1.165, 1.54) is 6.42 Å². The summed E-state index contributed by atoms with van der Waals surface area (Å²) >= 11 is 12.6. The first-order valence-electron chi connectivity index (χ1n) is 11.1. The standard InChI is InChI=1S/C25H29Cl2N3O2/c1-29(2)23(31)16-30(20-9-4-3-5-10-20)25(15-17-7-6-8-18(26)13-17)21-12-11-19(27)14-22(21)28-24(25)32/h6-8,11-14,20H,3-5,9-10,15-16H2,1-2H3,(H,28,32). The van der Waals surface area contributed by atoms with E-state index in [4.69, 9.17) is 23.2 Å². The first-order chi connectivity index (χ1) is 15.3. The van der Waals surface area contributed by atoms with E-state index >= 15 is 0 Å². The molecule has 1 atom stereocenters. The normalized spacial score (nSPS) is 20.8. The van der Waals surface area contributed by atoms with Gasteiger partial charge in [0.1, 0.15) is 5.54 Å². The van der Waals surface area contributed by atoms with Gasteiger partial charge >= 0.3 is 0 Å². The molecule has 7 heteroatoms. The summed E-state index contributed by atoms with van der Waals surface area (Å²) < 4.78 is 0. The summed E-state index contributed by atoms with van der Waals surface area (Å²) in [6.45, 7) is 0.174. The van der Waals surface area contributed by atoms with Gasteiger partial charge in [0.2, 0.25) is 11.8 Å². The number of hydrogen-bond donors (Lipinski definition) is 1. The Kier molecular flexibility index (Phi) is 6.80. The molecule has 1 aliphatic carbocycles. The highest BCUT2D eigenvalue weighted by molar-refractivity contribution is 6.31. The van der Waals surface area contributed by atoms with Gasteiger partial charge in [-0.05, 0) is 42.7 Å². The predicted octanol–water partition coefficient (Wildman–Crippen LogP) is 5.11. The fraction of sp³-hybridized carbons (Fsp3) is 0.440. The minimum Gasteiger partial charge on any atom is -0.348 e. The van der Waals surface area contributed by atoms with Crippen LogP contribution < -0.4 is 5.32 Å². The van der Waals surface area contributed by atoms with Crippen molar-refractivity contribution in [3.63, 3.8) is 0 Å². The van der Waals surface area contributed by atoms with E-state index in [1.807, 2.05) is 36.4 Å². The Bertz CT molecular complexity index is 1020. The first-order valence-corrected chi connectivity index (χ1v) is 11.9. The fourth-order valence-corrected chi connectivity index (χ4v) is 5.47. The number of carbonyl (C=O) groups excluding carboxylic acids is 2.